The van der Waals surface area contributed by atoms with Gasteiger partial charge in [0.05, 0.1) is 46.7 Å². The van der Waals surface area contributed by atoms with Crippen molar-refractivity contribution in [3.05, 3.63) is 127 Å². The number of fused-ring (bicyclic) bond motifs is 4. The molecule has 4 amide bonds. The van der Waals surface area contributed by atoms with E-state index in [0.717, 1.165) is 8.58 Å². The number of aromatic hydroxyl groups is 1. The quantitative estimate of drug-likeness (QED) is 0.116. The van der Waals surface area contributed by atoms with Gasteiger partial charge in [-0.1, -0.05) is 53.1 Å². The molecule has 4 aliphatic rings. The number of carbonyl (C=O) groups is 4. The zero-order chi connectivity index (χ0) is 36.6. The topological polar surface area (TPSA) is 116 Å². The third-order valence-corrected chi connectivity index (χ3v) is 12.2. The van der Waals surface area contributed by atoms with Gasteiger partial charge in [-0.3, -0.25) is 29.5 Å². The lowest BCUT2D eigenvalue weighted by atomic mass is 9.49. The van der Waals surface area contributed by atoms with Crippen LogP contribution in [0.5, 0.6) is 11.5 Å². The van der Waals surface area contributed by atoms with Gasteiger partial charge in [0.1, 0.15) is 5.75 Å². The molecule has 6 unspecified atom stereocenters. The summed E-state index contributed by atoms with van der Waals surface area (Å²) >= 11 is 14.8. The molecule has 2 saturated heterocycles. The SMILES string of the molecule is COc1ccc(C23C(=O)N(Nc4ccc(Cl)cc4Cl)C(=O)C2CC2C(=CCC4C(=O)N(c5ccc(I)cc5)C(=O)C42)C3c2ccc(O)c(F)c2)cc1. The number of anilines is 2. The Labute approximate surface area is 321 Å². The molecule has 2 N–H and O–H groups in total. The van der Waals surface area contributed by atoms with Gasteiger partial charge >= 0.3 is 0 Å². The molecule has 0 aromatic heterocycles. The second kappa shape index (κ2) is 12.9. The van der Waals surface area contributed by atoms with E-state index in [1.54, 1.807) is 48.5 Å². The second-order valence-electron chi connectivity index (χ2n) is 13.4. The molecule has 2 aliphatic heterocycles. The number of halogens is 4. The standard InChI is InChI=1S/C39H29Cl2FIN3O6/c1-52-24-10-3-20(4-11-24)39-28(36(49)46(38(39)51)44-31-14-5-21(40)17-29(31)41)18-27-25(34(39)19-2-15-32(47)30(42)16-19)12-13-26-33(27)37(50)45(35(26)48)23-8-6-22(43)7-9-23/h2-12,14-17,26-28,33-34,44,47H,13,18H2,1H3. The first kappa shape index (κ1) is 34.6. The number of ether oxygens (including phenoxy) is 1. The van der Waals surface area contributed by atoms with Crippen molar-refractivity contribution in [3.63, 3.8) is 0 Å². The molecule has 52 heavy (non-hydrogen) atoms. The molecule has 8 rings (SSSR count). The van der Waals surface area contributed by atoms with Crippen LogP contribution in [0.3, 0.4) is 0 Å². The molecule has 0 radical (unpaired) electrons. The number of nitrogens with one attached hydrogen (secondary N) is 1. The average molecular weight is 852 g/mol. The number of phenolic OH excluding ortho intramolecular Hbond substituents is 1. The fourth-order valence-electron chi connectivity index (χ4n) is 8.77. The fourth-order valence-corrected chi connectivity index (χ4v) is 9.58. The summed E-state index contributed by atoms with van der Waals surface area (Å²) in [7, 11) is 1.51. The van der Waals surface area contributed by atoms with Crippen LogP contribution in [0.2, 0.25) is 10.0 Å². The van der Waals surface area contributed by atoms with Gasteiger partial charge < -0.3 is 9.84 Å². The van der Waals surface area contributed by atoms with Gasteiger partial charge in [-0.25, -0.2) is 4.39 Å². The Hall–Kier alpha value is -4.46. The molecule has 1 saturated carbocycles. The summed E-state index contributed by atoms with van der Waals surface area (Å²) in [5.74, 6) is -7.14. The normalized spacial score (nSPS) is 26.6. The molecule has 2 aliphatic carbocycles. The summed E-state index contributed by atoms with van der Waals surface area (Å²) in [4.78, 5) is 59.7. The van der Waals surface area contributed by atoms with Crippen LogP contribution >= 0.6 is 45.8 Å². The zero-order valence-corrected chi connectivity index (χ0v) is 31.0. The minimum absolute atomic E-state index is 0.0484. The number of carbonyl (C=O) groups excluding carboxylic acids is 4. The first-order chi connectivity index (χ1) is 24.9. The van der Waals surface area contributed by atoms with E-state index < -0.39 is 58.4 Å². The summed E-state index contributed by atoms with van der Waals surface area (Å²) in [6, 6.07) is 22.4. The number of amides is 4. The molecule has 264 valence electrons. The monoisotopic (exact) mass is 851 g/mol. The summed E-state index contributed by atoms with van der Waals surface area (Å²) < 4.78 is 21.7. The van der Waals surface area contributed by atoms with Crippen molar-refractivity contribution in [1.29, 1.82) is 0 Å². The number of hydrogen-bond donors (Lipinski definition) is 2. The fraction of sp³-hybridized carbons (Fsp3) is 0.231. The Morgan fingerprint density at radius 1 is 0.904 bits per heavy atom. The third-order valence-electron chi connectivity index (χ3n) is 11.0. The van der Waals surface area contributed by atoms with Gasteiger partial charge in [0.2, 0.25) is 11.8 Å². The zero-order valence-electron chi connectivity index (χ0n) is 27.4. The van der Waals surface area contributed by atoms with Gasteiger partial charge in [0, 0.05) is 14.5 Å². The summed E-state index contributed by atoms with van der Waals surface area (Å²) in [5, 5.41) is 11.7. The summed E-state index contributed by atoms with van der Waals surface area (Å²) in [5.41, 5.74) is 3.43. The lowest BCUT2D eigenvalue weighted by Crippen LogP contribution is -2.53. The molecule has 0 bridgehead atoms. The van der Waals surface area contributed by atoms with E-state index in [-0.39, 0.29) is 35.4 Å². The third kappa shape index (κ3) is 5.14. The van der Waals surface area contributed by atoms with E-state index in [0.29, 0.717) is 33.2 Å². The molecule has 13 heteroatoms. The molecule has 4 aromatic rings. The number of phenols is 1. The molecule has 4 aromatic carbocycles. The minimum Gasteiger partial charge on any atom is -0.505 e. The van der Waals surface area contributed by atoms with E-state index in [4.69, 9.17) is 27.9 Å². The Balaban J connectivity index is 1.33. The van der Waals surface area contributed by atoms with Crippen LogP contribution in [0.15, 0.2) is 96.6 Å². The van der Waals surface area contributed by atoms with Crippen LogP contribution in [0, 0.1) is 33.1 Å². The highest BCUT2D eigenvalue weighted by Crippen LogP contribution is 2.64. The van der Waals surface area contributed by atoms with Gasteiger partial charge in [0.25, 0.3) is 11.8 Å². The smallest absolute Gasteiger partial charge is 0.260 e. The largest absolute Gasteiger partial charge is 0.505 e. The lowest BCUT2D eigenvalue weighted by Gasteiger charge is -2.50. The van der Waals surface area contributed by atoms with E-state index in [1.165, 1.54) is 36.3 Å². The molecule has 6 atom stereocenters. The van der Waals surface area contributed by atoms with E-state index in [9.17, 15) is 19.5 Å². The Morgan fingerprint density at radius 2 is 1.63 bits per heavy atom. The Bertz CT molecular complexity index is 2220. The second-order valence-corrected chi connectivity index (χ2v) is 15.5. The van der Waals surface area contributed by atoms with Crippen LogP contribution in [-0.2, 0) is 24.6 Å². The van der Waals surface area contributed by atoms with Crippen LogP contribution in [0.1, 0.15) is 29.9 Å². The highest BCUT2D eigenvalue weighted by atomic mass is 127. The molecule has 0 spiro atoms. The highest BCUT2D eigenvalue weighted by molar-refractivity contribution is 14.1. The van der Waals surface area contributed by atoms with E-state index in [1.807, 2.05) is 18.2 Å². The van der Waals surface area contributed by atoms with Gasteiger partial charge in [-0.05, 0) is 119 Å². The van der Waals surface area contributed by atoms with Crippen molar-refractivity contribution in [1.82, 2.24) is 5.01 Å². The number of hydrogen-bond acceptors (Lipinski definition) is 7. The van der Waals surface area contributed by atoms with Crippen molar-refractivity contribution < 1.29 is 33.4 Å². The molecule has 3 fully saturated rings. The molecule has 2 heterocycles. The van der Waals surface area contributed by atoms with Crippen LogP contribution in [-0.4, -0.2) is 40.9 Å². The van der Waals surface area contributed by atoms with E-state index >= 15 is 9.18 Å². The maximum absolute atomic E-state index is 15.3. The van der Waals surface area contributed by atoms with Crippen molar-refractivity contribution in [2.24, 2.45) is 23.7 Å². The van der Waals surface area contributed by atoms with Crippen molar-refractivity contribution in [3.8, 4) is 11.5 Å². The first-order valence-corrected chi connectivity index (χ1v) is 18.4. The highest BCUT2D eigenvalue weighted by Gasteiger charge is 2.70. The summed E-state index contributed by atoms with van der Waals surface area (Å²) in [6.07, 6.45) is 2.13. The maximum Gasteiger partial charge on any atom is 0.260 e. The number of allylic oxidation sites excluding steroid dienone is 2. The number of imide groups is 2. The Morgan fingerprint density at radius 3 is 2.31 bits per heavy atom. The van der Waals surface area contributed by atoms with Crippen molar-refractivity contribution in [2.75, 3.05) is 17.4 Å². The Kier molecular flexibility index (Phi) is 8.58. The minimum atomic E-state index is -1.66. The average Bonchev–Trinajstić information content (AvgIpc) is 3.51. The van der Waals surface area contributed by atoms with Crippen LogP contribution in [0.4, 0.5) is 15.8 Å². The van der Waals surface area contributed by atoms with Crippen LogP contribution in [0.25, 0.3) is 0 Å². The maximum atomic E-state index is 15.3. The van der Waals surface area contributed by atoms with Gasteiger partial charge in [-0.15, -0.1) is 0 Å². The predicted octanol–water partition coefficient (Wildman–Crippen LogP) is 7.64. The van der Waals surface area contributed by atoms with Crippen molar-refractivity contribution >= 4 is 80.8 Å². The molecular weight excluding hydrogens is 823 g/mol. The first-order valence-electron chi connectivity index (χ1n) is 16.5. The number of methoxy groups -OCH3 is 1. The number of hydrazine groups is 1. The number of nitrogens with zero attached hydrogens (tertiary/aromatic N) is 2. The van der Waals surface area contributed by atoms with Gasteiger partial charge in [0.15, 0.2) is 11.6 Å². The number of rotatable bonds is 6. The number of benzene rings is 4. The van der Waals surface area contributed by atoms with Crippen LogP contribution < -0.4 is 15.1 Å². The van der Waals surface area contributed by atoms with Gasteiger partial charge in [-0.2, -0.15) is 5.01 Å². The van der Waals surface area contributed by atoms with E-state index in [2.05, 4.69) is 28.0 Å². The predicted molar refractivity (Wildman–Crippen MR) is 200 cm³/mol. The van der Waals surface area contributed by atoms with Crippen molar-refractivity contribution in [2.45, 2.75) is 24.2 Å². The lowest BCUT2D eigenvalue weighted by molar-refractivity contribution is -0.138. The summed E-state index contributed by atoms with van der Waals surface area (Å²) in [6.45, 7) is 0. The molecular formula is C39H29Cl2FIN3O6. The molecule has 9 nitrogen and oxygen atoms in total.